The quantitative estimate of drug-likeness (QED) is 0.460. The van der Waals surface area contributed by atoms with Crippen molar-refractivity contribution in [3.05, 3.63) is 42.2 Å². The van der Waals surface area contributed by atoms with Gasteiger partial charge in [-0.25, -0.2) is 14.8 Å². The van der Waals surface area contributed by atoms with Crippen LogP contribution in [-0.4, -0.2) is 34.4 Å². The minimum atomic E-state index is -4.36. The third-order valence-electron chi connectivity index (χ3n) is 5.16. The van der Waals surface area contributed by atoms with E-state index < -0.39 is 24.2 Å². The molecule has 0 bridgehead atoms. The Labute approximate surface area is 188 Å². The number of nitrogens with zero attached hydrogens (tertiary/aromatic N) is 2. The van der Waals surface area contributed by atoms with E-state index in [1.54, 1.807) is 12.4 Å². The van der Waals surface area contributed by atoms with Gasteiger partial charge in [-0.05, 0) is 80.3 Å². The molecule has 0 radical (unpaired) electrons. The lowest BCUT2D eigenvalue weighted by Gasteiger charge is -2.35. The zero-order valence-electron chi connectivity index (χ0n) is 17.8. The number of aromatic nitrogens is 2. The Bertz CT molecular complexity index is 901. The Morgan fingerprint density at radius 1 is 1.19 bits per heavy atom. The highest BCUT2D eigenvalue weighted by Crippen LogP contribution is 2.41. The highest BCUT2D eigenvalue weighted by Gasteiger charge is 2.38. The summed E-state index contributed by atoms with van der Waals surface area (Å²) in [5, 5.41) is 10.9. The summed E-state index contributed by atoms with van der Waals surface area (Å²) in [5.74, 6) is 0.913. The number of anilines is 2. The highest BCUT2D eigenvalue weighted by molar-refractivity contribution is 7.97. The second-order valence-corrected chi connectivity index (χ2v) is 9.25. The van der Waals surface area contributed by atoms with E-state index in [2.05, 4.69) is 20.6 Å². The minimum absolute atomic E-state index is 0.160. The van der Waals surface area contributed by atoms with Gasteiger partial charge in [0.2, 0.25) is 5.95 Å². The third-order valence-corrected chi connectivity index (χ3v) is 5.70. The first-order valence-corrected chi connectivity index (χ1v) is 11.0. The van der Waals surface area contributed by atoms with Crippen LogP contribution in [0, 0.1) is 5.92 Å². The van der Waals surface area contributed by atoms with Crippen LogP contribution in [0.5, 0.6) is 0 Å². The zero-order valence-corrected chi connectivity index (χ0v) is 18.6. The van der Waals surface area contributed by atoms with E-state index in [1.807, 2.05) is 24.3 Å². The molecule has 1 heterocycles. The van der Waals surface area contributed by atoms with Crippen LogP contribution in [0.4, 0.5) is 29.6 Å². The van der Waals surface area contributed by atoms with Crippen LogP contribution >= 0.6 is 11.9 Å². The number of benzene rings is 1. The molecule has 174 valence electrons. The van der Waals surface area contributed by atoms with E-state index in [1.165, 1.54) is 25.8 Å². The molecule has 2 aromatic rings. The highest BCUT2D eigenvalue weighted by atomic mass is 32.2. The van der Waals surface area contributed by atoms with Gasteiger partial charge in [-0.1, -0.05) is 0 Å². The van der Waals surface area contributed by atoms with Gasteiger partial charge in [0.1, 0.15) is 0 Å². The maximum absolute atomic E-state index is 12.5. The molecule has 1 aromatic heterocycles. The first-order chi connectivity index (χ1) is 15.0. The molecule has 1 amide bonds. The standard InChI is InChI=1S/C21H26F3N5O2S/c1-20(2,12-21(22,23)24)29-19(30)31-11-13-7-14(8-13)15-9-26-18(27-10-15)28-16-3-5-17(32-25)6-4-16/h3-6,9-10,13-14H,7-8,11-12,25H2,1-2H3,(H,29,30)(H,26,27,28). The largest absolute Gasteiger partial charge is 0.449 e. The maximum atomic E-state index is 12.5. The summed E-state index contributed by atoms with van der Waals surface area (Å²) in [5.41, 5.74) is 0.432. The van der Waals surface area contributed by atoms with Gasteiger partial charge in [-0.2, -0.15) is 13.2 Å². The normalized spacial score (nSPS) is 18.6. The lowest BCUT2D eigenvalue weighted by molar-refractivity contribution is -0.146. The van der Waals surface area contributed by atoms with Crippen LogP contribution in [-0.2, 0) is 4.74 Å². The monoisotopic (exact) mass is 469 g/mol. The molecule has 0 saturated heterocycles. The van der Waals surface area contributed by atoms with E-state index in [4.69, 9.17) is 9.88 Å². The van der Waals surface area contributed by atoms with E-state index in [0.717, 1.165) is 29.0 Å². The number of alkyl halides is 3. The van der Waals surface area contributed by atoms with Gasteiger partial charge in [0, 0.05) is 28.5 Å². The molecule has 1 saturated carbocycles. The number of nitrogens with two attached hydrogens (primary N) is 1. The number of carbonyl (C=O) groups is 1. The van der Waals surface area contributed by atoms with E-state index in [-0.39, 0.29) is 18.4 Å². The van der Waals surface area contributed by atoms with Crippen LogP contribution in [0.1, 0.15) is 44.6 Å². The summed E-state index contributed by atoms with van der Waals surface area (Å²) in [7, 11) is 0. The average molecular weight is 470 g/mol. The molecule has 1 aliphatic carbocycles. The molecule has 1 aromatic carbocycles. The number of amides is 1. The smallest absolute Gasteiger partial charge is 0.407 e. The molecule has 0 unspecified atom stereocenters. The van der Waals surface area contributed by atoms with Gasteiger partial charge in [-0.3, -0.25) is 5.14 Å². The van der Waals surface area contributed by atoms with E-state index in [9.17, 15) is 18.0 Å². The Balaban J connectivity index is 1.40. The van der Waals surface area contributed by atoms with Gasteiger partial charge in [0.25, 0.3) is 0 Å². The van der Waals surface area contributed by atoms with Crippen LogP contribution in [0.3, 0.4) is 0 Å². The number of alkyl carbamates (subject to hydrolysis) is 1. The molecule has 0 spiro atoms. The molecule has 1 fully saturated rings. The number of carbonyl (C=O) groups excluding carboxylic acids is 1. The molecule has 7 nitrogen and oxygen atoms in total. The fraction of sp³-hybridized carbons (Fsp3) is 0.476. The van der Waals surface area contributed by atoms with Crippen LogP contribution in [0.15, 0.2) is 41.6 Å². The van der Waals surface area contributed by atoms with Crippen LogP contribution in [0.2, 0.25) is 0 Å². The molecule has 32 heavy (non-hydrogen) atoms. The fourth-order valence-electron chi connectivity index (χ4n) is 3.55. The summed E-state index contributed by atoms with van der Waals surface area (Å²) in [6.07, 6.45) is -1.18. The minimum Gasteiger partial charge on any atom is -0.449 e. The average Bonchev–Trinajstić information content (AvgIpc) is 2.66. The summed E-state index contributed by atoms with van der Waals surface area (Å²) < 4.78 is 42.7. The Hall–Kier alpha value is -2.53. The third kappa shape index (κ3) is 7.27. The molecule has 1 aliphatic rings. The van der Waals surface area contributed by atoms with Gasteiger partial charge < -0.3 is 15.4 Å². The van der Waals surface area contributed by atoms with Crippen molar-refractivity contribution in [3.8, 4) is 0 Å². The number of hydrogen-bond acceptors (Lipinski definition) is 7. The second kappa shape index (κ2) is 9.95. The van der Waals surface area contributed by atoms with Crippen molar-refractivity contribution in [2.75, 3.05) is 11.9 Å². The number of rotatable bonds is 8. The van der Waals surface area contributed by atoms with Crippen molar-refractivity contribution in [1.82, 2.24) is 15.3 Å². The van der Waals surface area contributed by atoms with Gasteiger partial charge in [-0.15, -0.1) is 0 Å². The number of nitrogens with one attached hydrogen (secondary N) is 2. The molecular weight excluding hydrogens is 443 g/mol. The molecule has 11 heteroatoms. The maximum Gasteiger partial charge on any atom is 0.407 e. The molecule has 0 aliphatic heterocycles. The summed E-state index contributed by atoms with van der Waals surface area (Å²) in [4.78, 5) is 21.5. The van der Waals surface area contributed by atoms with Crippen molar-refractivity contribution >= 4 is 29.7 Å². The van der Waals surface area contributed by atoms with Crippen molar-refractivity contribution in [3.63, 3.8) is 0 Å². The van der Waals surface area contributed by atoms with Gasteiger partial charge in [0.05, 0.1) is 13.0 Å². The van der Waals surface area contributed by atoms with Crippen LogP contribution < -0.4 is 15.8 Å². The Morgan fingerprint density at radius 2 is 1.81 bits per heavy atom. The van der Waals surface area contributed by atoms with Crippen molar-refractivity contribution < 1.29 is 22.7 Å². The first kappa shape index (κ1) is 24.1. The molecular formula is C21H26F3N5O2S. The Kier molecular flexibility index (Phi) is 7.50. The van der Waals surface area contributed by atoms with Crippen LogP contribution in [0.25, 0.3) is 0 Å². The number of halogens is 3. The van der Waals surface area contributed by atoms with Gasteiger partial charge in [0.15, 0.2) is 0 Å². The number of ether oxygens (including phenoxy) is 1. The predicted octanol–water partition coefficient (Wildman–Crippen LogP) is 5.14. The SMILES string of the molecule is CC(C)(CC(F)(F)F)NC(=O)OCC1CC(c2cnc(Nc3ccc(SN)cc3)nc2)C1. The van der Waals surface area contributed by atoms with Crippen molar-refractivity contribution in [1.29, 1.82) is 0 Å². The lowest BCUT2D eigenvalue weighted by atomic mass is 9.72. The predicted molar refractivity (Wildman–Crippen MR) is 117 cm³/mol. The summed E-state index contributed by atoms with van der Waals surface area (Å²) in [6.45, 7) is 2.80. The Morgan fingerprint density at radius 3 is 2.38 bits per heavy atom. The summed E-state index contributed by atoms with van der Waals surface area (Å²) in [6, 6.07) is 7.58. The zero-order chi connectivity index (χ0) is 23.4. The van der Waals surface area contributed by atoms with Crippen molar-refractivity contribution in [2.24, 2.45) is 11.1 Å². The molecule has 0 atom stereocenters. The summed E-state index contributed by atoms with van der Waals surface area (Å²) >= 11 is 1.18. The van der Waals surface area contributed by atoms with Crippen molar-refractivity contribution in [2.45, 2.75) is 55.6 Å². The lowest BCUT2D eigenvalue weighted by Crippen LogP contribution is -2.47. The second-order valence-electron chi connectivity index (χ2n) is 8.54. The van der Waals surface area contributed by atoms with E-state index >= 15 is 0 Å². The topological polar surface area (TPSA) is 102 Å². The van der Waals surface area contributed by atoms with E-state index in [0.29, 0.717) is 5.95 Å². The van der Waals surface area contributed by atoms with Gasteiger partial charge >= 0.3 is 12.3 Å². The first-order valence-electron chi connectivity index (χ1n) is 10.1. The molecule has 4 N–H and O–H groups in total. The molecule has 3 rings (SSSR count). The fourth-order valence-corrected chi connectivity index (χ4v) is 3.85. The number of hydrogen-bond donors (Lipinski definition) is 3.